The molecule has 0 aliphatic rings. The molecule has 6 aromatic rings. The molecule has 0 aliphatic heterocycles. The van der Waals surface area contributed by atoms with Crippen LogP contribution in [0.5, 0.6) is 5.75 Å². The number of rotatable bonds is 47. The van der Waals surface area contributed by atoms with Crippen molar-refractivity contribution in [3.63, 3.8) is 0 Å². The van der Waals surface area contributed by atoms with Gasteiger partial charge in [0.25, 0.3) is 0 Å². The van der Waals surface area contributed by atoms with Crippen LogP contribution in [0.1, 0.15) is 138 Å². The number of amides is 10. The van der Waals surface area contributed by atoms with Crippen LogP contribution in [0.15, 0.2) is 103 Å². The molecule has 10 amide bonds. The quantitative estimate of drug-likeness (QED) is 0.0111. The average molecular weight is 1570 g/mol. The van der Waals surface area contributed by atoms with E-state index in [0.29, 0.717) is 62.3 Å². The van der Waals surface area contributed by atoms with Gasteiger partial charge in [0.2, 0.25) is 59.1 Å². The Morgan fingerprint density at radius 1 is 0.673 bits per heavy atom. The summed E-state index contributed by atoms with van der Waals surface area (Å²) in [6.45, 7) is 11.3. The van der Waals surface area contributed by atoms with Crippen LogP contribution in [0.4, 0.5) is 4.39 Å². The zero-order chi connectivity index (χ0) is 83.1. The number of nitrogens with one attached hydrogen (secondary N) is 11. The smallest absolute Gasteiger partial charge is 0.305 e. The number of carbonyl (C=O) groups excluding carboxylic acids is 11. The van der Waals surface area contributed by atoms with Crippen molar-refractivity contribution >= 4 is 70.8 Å². The van der Waals surface area contributed by atoms with Crippen molar-refractivity contribution in [2.75, 3.05) is 19.8 Å². The Morgan fingerprint density at radius 3 is 1.95 bits per heavy atom. The second kappa shape index (κ2) is 43.5. The molecule has 0 fully saturated rings. The topological polar surface area (TPSA) is 561 Å². The number of benzene rings is 4. The minimum atomic E-state index is -2.39. The number of Topliss-reactive ketones (excluding diaryl/α,β-unsaturated/α-hetero) is 1. The number of aromatic nitrogens is 6. The number of ether oxygens (including phenoxy) is 1. The molecule has 0 saturated carbocycles. The number of ketones is 1. The second-order valence-corrected chi connectivity index (χ2v) is 28.2. The number of aryl methyl sites for hydroxylation is 5. The van der Waals surface area contributed by atoms with Crippen LogP contribution in [0, 0.1) is 19.7 Å². The standard InChI is InChI=1S/C76H100FN19O17/c1-9-48-35-52(113-30-13-12-29-82-94-79)24-25-53(48)49-21-19-46(20-22-49)34-57(68(106)83-55(67(78)105)18-14-15-47-32-42(2)31-43(3)33-47)84-69(107)58(37-64(103)104)85-70(108)59(40-97)86-71(109)65(44(4)98)89-74(112)76(8,38-50-16-10-11-17-54(50)77)91-72(110)66(45(5)99)88-62(101)28-26-60(100)56(36-61-92-95-96-93-61)87-73(111)75(6,7)90-63(102)27-23-51-39-80-41-81-51/h10-11,16-17,19-22,24-25,31-33,35,39,41,44-45,55-59,65-66,97-99H,9,12-15,18,23,26-30,34,36-38,40H2,1-8H3,(H2,78,105)(H,80,81)(H,83,106)(H,84,107)(H,85,108)(H,86,109)(H,87,111)(H,88,101)(H,89,112)(H,90,102)(H,91,110)(H,103,104)(H,92,93,95,96)/t44-,45-,55+,56+,57+,58+,59+,65+,66+,76+/m1/s1. The number of aliphatic hydroxyl groups is 3. The largest absolute Gasteiger partial charge is 0.494 e. The second-order valence-electron chi connectivity index (χ2n) is 28.2. The van der Waals surface area contributed by atoms with Crippen LogP contribution in [0.25, 0.3) is 21.6 Å². The molecule has 36 nitrogen and oxygen atoms in total. The van der Waals surface area contributed by atoms with Gasteiger partial charge in [-0.15, -0.1) is 10.2 Å². The summed E-state index contributed by atoms with van der Waals surface area (Å²) in [5, 5.41) is 81.4. The summed E-state index contributed by atoms with van der Waals surface area (Å²) in [7, 11) is 0. The maximum atomic E-state index is 15.5. The van der Waals surface area contributed by atoms with Crippen molar-refractivity contribution in [2.24, 2.45) is 10.8 Å². The van der Waals surface area contributed by atoms with E-state index in [0.717, 1.165) is 60.2 Å². The number of azide groups is 1. The van der Waals surface area contributed by atoms with Gasteiger partial charge in [0.05, 0.1) is 44.2 Å². The predicted octanol–water partition coefficient (Wildman–Crippen LogP) is 1.29. The summed E-state index contributed by atoms with van der Waals surface area (Å²) in [6.07, 6.45) is -1.29. The normalized spacial score (nSPS) is 14.2. The van der Waals surface area contributed by atoms with E-state index in [4.69, 9.17) is 16.0 Å². The minimum Gasteiger partial charge on any atom is -0.494 e. The molecule has 0 saturated heterocycles. The van der Waals surface area contributed by atoms with Gasteiger partial charge in [0.1, 0.15) is 58.9 Å². The number of carboxylic acid groups (broad SMARTS) is 1. The summed E-state index contributed by atoms with van der Waals surface area (Å²) >= 11 is 0. The monoisotopic (exact) mass is 1570 g/mol. The third-order valence-corrected chi connectivity index (χ3v) is 18.3. The summed E-state index contributed by atoms with van der Waals surface area (Å²) in [5.74, 6) is -13.5. The minimum absolute atomic E-state index is 0.0143. The number of hydrogen-bond acceptors (Lipinski definition) is 21. The van der Waals surface area contributed by atoms with Gasteiger partial charge >= 0.3 is 5.97 Å². The van der Waals surface area contributed by atoms with E-state index in [1.807, 2.05) is 57.2 Å². The molecule has 6 rings (SSSR count). The molecule has 10 atom stereocenters. The Morgan fingerprint density at radius 2 is 1.33 bits per heavy atom. The van der Waals surface area contributed by atoms with Crippen LogP contribution < -0.4 is 58.3 Å². The molecule has 2 heterocycles. The Bertz CT molecular complexity index is 4310. The van der Waals surface area contributed by atoms with E-state index < -0.39 is 175 Å². The number of aliphatic hydroxyl groups excluding tert-OH is 3. The SMILES string of the molecule is CCc1cc(OCCCCN=[N+]=[N-])ccc1-c1ccc(C[C@H](NC(=O)[C@H](CC(=O)O)NC(=O)[C@H](CO)NC(=O)[C@@H](NC(=O)[C@](C)(Cc2ccccc2F)NC(=O)[C@@H](NC(=O)CCC(=O)[C@H](Cc2nn[nH]n2)NC(=O)C(C)(C)NC(=O)CCc2cnc[nH]2)[C@@H](C)O)[C@@H](C)O)C(=O)N[C@@H](CCCc2cc(C)cc(C)c2)C(N)=O)cc1. The number of aliphatic carboxylic acids is 1. The molecule has 0 aliphatic carbocycles. The number of nitrogens with two attached hydrogens (primary N) is 1. The lowest BCUT2D eigenvalue weighted by Gasteiger charge is -2.34. The molecule has 17 N–H and O–H groups in total. The lowest BCUT2D eigenvalue weighted by molar-refractivity contribution is -0.142. The lowest BCUT2D eigenvalue weighted by Crippen LogP contribution is -2.66. The summed E-state index contributed by atoms with van der Waals surface area (Å²) in [4.78, 5) is 176. The Hall–Kier alpha value is -12.1. The van der Waals surface area contributed by atoms with Gasteiger partial charge in [-0.2, -0.15) is 5.21 Å². The number of H-pyrrole nitrogens is 2. The number of halogens is 1. The van der Waals surface area contributed by atoms with Gasteiger partial charge in [-0.3, -0.25) is 57.5 Å². The van der Waals surface area contributed by atoms with E-state index in [2.05, 4.69) is 88.5 Å². The molecular formula is C76H100FN19O17. The van der Waals surface area contributed by atoms with Crippen molar-refractivity contribution in [3.05, 3.63) is 159 Å². The number of primary amides is 1. The Balaban J connectivity index is 1.17. The van der Waals surface area contributed by atoms with Crippen LogP contribution in [-0.4, -0.2) is 207 Å². The highest BCUT2D eigenvalue weighted by Crippen LogP contribution is 2.29. The van der Waals surface area contributed by atoms with Gasteiger partial charge in [-0.25, -0.2) is 9.37 Å². The fraction of sp³-hybridized carbons (Fsp3) is 0.474. The number of nitrogens with zero attached hydrogens (tertiary/aromatic N) is 7. The summed E-state index contributed by atoms with van der Waals surface area (Å²) in [5.41, 5.74) is 17.0. The molecule has 2 aromatic heterocycles. The van der Waals surface area contributed by atoms with E-state index in [1.54, 1.807) is 24.3 Å². The maximum Gasteiger partial charge on any atom is 0.305 e. The number of unbranched alkanes of at least 4 members (excludes halogenated alkanes) is 1. The fourth-order valence-corrected chi connectivity index (χ4v) is 12.2. The third-order valence-electron chi connectivity index (χ3n) is 18.3. The first-order valence-electron chi connectivity index (χ1n) is 36.7. The first-order chi connectivity index (χ1) is 53.6. The third kappa shape index (κ3) is 28.6. The van der Waals surface area contributed by atoms with Crippen molar-refractivity contribution < 1.29 is 87.1 Å². The number of carboxylic acids is 1. The predicted molar refractivity (Wildman–Crippen MR) is 406 cm³/mol. The van der Waals surface area contributed by atoms with Gasteiger partial charge in [-0.1, -0.05) is 95.1 Å². The molecule has 0 unspecified atom stereocenters. The van der Waals surface area contributed by atoms with Crippen LogP contribution in [0.3, 0.4) is 0 Å². The van der Waals surface area contributed by atoms with Gasteiger partial charge in [-0.05, 0) is 151 Å². The molecule has 0 radical (unpaired) electrons. The van der Waals surface area contributed by atoms with Crippen LogP contribution >= 0.6 is 0 Å². The highest BCUT2D eigenvalue weighted by Gasteiger charge is 2.43. The maximum absolute atomic E-state index is 15.5. The Labute approximate surface area is 650 Å². The molecule has 608 valence electrons. The van der Waals surface area contributed by atoms with E-state index in [-0.39, 0.29) is 43.5 Å². The Kier molecular flexibility index (Phi) is 34.6. The highest BCUT2D eigenvalue weighted by atomic mass is 19.1. The van der Waals surface area contributed by atoms with Crippen molar-refractivity contribution in [3.8, 4) is 16.9 Å². The molecule has 0 bridgehead atoms. The van der Waals surface area contributed by atoms with E-state index in [9.17, 15) is 78.0 Å². The summed E-state index contributed by atoms with van der Waals surface area (Å²) in [6, 6.07) is 11.1. The highest BCUT2D eigenvalue weighted by molar-refractivity contribution is 6.01. The number of hydrogen-bond donors (Lipinski definition) is 16. The number of imidazole rings is 1. The molecule has 4 aromatic carbocycles. The zero-order valence-electron chi connectivity index (χ0n) is 64.1. The number of carbonyl (C=O) groups is 12. The fourth-order valence-electron chi connectivity index (χ4n) is 12.2. The number of aromatic amines is 2. The first kappa shape index (κ1) is 89.8. The summed E-state index contributed by atoms with van der Waals surface area (Å²) < 4.78 is 21.5. The van der Waals surface area contributed by atoms with E-state index in [1.165, 1.54) is 44.6 Å². The van der Waals surface area contributed by atoms with Crippen LogP contribution in [0.2, 0.25) is 0 Å². The molecule has 113 heavy (non-hydrogen) atoms. The lowest BCUT2D eigenvalue weighted by atomic mass is 9.90. The molecule has 0 spiro atoms. The molecule has 37 heteroatoms. The number of tetrazole rings is 1. The van der Waals surface area contributed by atoms with E-state index >= 15 is 4.39 Å². The van der Waals surface area contributed by atoms with Crippen LogP contribution in [-0.2, 0) is 96.1 Å². The van der Waals surface area contributed by atoms with Gasteiger partial charge in [0.15, 0.2) is 11.6 Å². The van der Waals surface area contributed by atoms with Gasteiger partial charge in [0, 0.05) is 61.9 Å². The van der Waals surface area contributed by atoms with Crippen molar-refractivity contribution in [2.45, 2.75) is 211 Å². The van der Waals surface area contributed by atoms with Gasteiger partial charge < -0.3 is 83.7 Å². The zero-order valence-corrected chi connectivity index (χ0v) is 64.1. The molecular weight excluding hydrogens is 1470 g/mol. The average Bonchev–Trinajstić information content (AvgIpc) is 1.01. The first-order valence-corrected chi connectivity index (χ1v) is 36.7. The van der Waals surface area contributed by atoms with Crippen molar-refractivity contribution in [1.82, 2.24) is 78.4 Å². The van der Waals surface area contributed by atoms with Crippen molar-refractivity contribution in [1.29, 1.82) is 0 Å².